The van der Waals surface area contributed by atoms with Gasteiger partial charge in [0.25, 0.3) is 0 Å². The number of carbonyl (C=O) groups excluding carboxylic acids is 2. The smallest absolute Gasteiger partial charge is 0.246 e. The first-order valence-corrected chi connectivity index (χ1v) is 15.8. The summed E-state index contributed by atoms with van der Waals surface area (Å²) in [6.45, 7) is 7.67. The van der Waals surface area contributed by atoms with Gasteiger partial charge in [-0.2, -0.15) is 10.2 Å². The van der Waals surface area contributed by atoms with Crippen LogP contribution in [-0.2, 0) is 27.4 Å². The predicted octanol–water partition coefficient (Wildman–Crippen LogP) is 3.96. The molecule has 1 fully saturated rings. The summed E-state index contributed by atoms with van der Waals surface area (Å²) in [5, 5.41) is 17.0. The van der Waals surface area contributed by atoms with Crippen molar-refractivity contribution >= 4 is 38.9 Å². The second-order valence-corrected chi connectivity index (χ2v) is 12.3. The van der Waals surface area contributed by atoms with Crippen LogP contribution in [0.15, 0.2) is 47.4 Å². The molecule has 11 nitrogen and oxygen atoms in total. The fourth-order valence-corrected chi connectivity index (χ4v) is 7.24. The summed E-state index contributed by atoms with van der Waals surface area (Å²) >= 11 is 1.38. The Kier molecular flexibility index (Phi) is 7.77. The van der Waals surface area contributed by atoms with Crippen molar-refractivity contribution in [1.82, 2.24) is 30.0 Å². The minimum Gasteiger partial charge on any atom is -0.490 e. The second kappa shape index (κ2) is 11.9. The summed E-state index contributed by atoms with van der Waals surface area (Å²) in [4.78, 5) is 32.1. The molecule has 0 aliphatic carbocycles. The van der Waals surface area contributed by atoms with E-state index < -0.39 is 17.7 Å². The highest BCUT2D eigenvalue weighted by Crippen LogP contribution is 2.46. The number of benzene rings is 1. The number of aromatic nitrogens is 3. The highest BCUT2D eigenvalue weighted by Gasteiger charge is 2.38. The van der Waals surface area contributed by atoms with E-state index in [1.807, 2.05) is 29.1 Å². The molecule has 0 saturated carbocycles. The van der Waals surface area contributed by atoms with Crippen LogP contribution in [0.5, 0.6) is 5.75 Å². The summed E-state index contributed by atoms with van der Waals surface area (Å²) in [5.74, 6) is -1.87. The zero-order valence-electron chi connectivity index (χ0n) is 25.3. The first-order chi connectivity index (χ1) is 22.3. The third-order valence-electron chi connectivity index (χ3n) is 8.50. The molecule has 0 bridgehead atoms. The van der Waals surface area contributed by atoms with Gasteiger partial charge in [-0.05, 0) is 30.5 Å². The summed E-state index contributed by atoms with van der Waals surface area (Å²) in [7, 11) is 1.51. The summed E-state index contributed by atoms with van der Waals surface area (Å²) in [6, 6.07) is 5.13. The van der Waals surface area contributed by atoms with Gasteiger partial charge in [0.2, 0.25) is 11.8 Å². The lowest BCUT2D eigenvalue weighted by Gasteiger charge is -2.33. The number of amides is 2. The molecule has 1 saturated heterocycles. The number of piperazine rings is 1. The number of nitrogens with one attached hydrogen (secondary N) is 1. The second-order valence-electron chi connectivity index (χ2n) is 11.4. The maximum absolute atomic E-state index is 16.0. The molecule has 0 spiro atoms. The molecular weight excluding hydrogens is 616 g/mol. The van der Waals surface area contributed by atoms with Crippen LogP contribution >= 0.6 is 11.3 Å². The lowest BCUT2D eigenvalue weighted by Crippen LogP contribution is -2.51. The minimum atomic E-state index is -0.815. The van der Waals surface area contributed by atoms with E-state index in [-0.39, 0.29) is 42.4 Å². The van der Waals surface area contributed by atoms with Crippen molar-refractivity contribution < 1.29 is 27.8 Å². The monoisotopic (exact) mass is 647 g/mol. The number of hydrazone groups is 1. The van der Waals surface area contributed by atoms with E-state index in [1.165, 1.54) is 24.5 Å². The molecule has 2 atom stereocenters. The van der Waals surface area contributed by atoms with Crippen LogP contribution in [0.3, 0.4) is 0 Å². The molecule has 1 N–H and O–H groups in total. The molecule has 14 heteroatoms. The van der Waals surface area contributed by atoms with Crippen LogP contribution in [0, 0.1) is 11.6 Å². The number of hydrogen-bond donors (Lipinski definition) is 1. The van der Waals surface area contributed by atoms with Crippen molar-refractivity contribution in [1.29, 1.82) is 0 Å². The SMILES string of the molecule is C=CC(=O)N1Cc2cc(-c3nc(C4=NN5CCNC(=O)C5C4)c4ccsc4c3-c3c(F)cc(F)cc3OCCOC)nn2C[C@H]1C. The largest absolute Gasteiger partial charge is 0.490 e. The average Bonchev–Trinajstić information content (AvgIpc) is 3.79. The molecule has 4 aromatic rings. The molecule has 1 aromatic carbocycles. The Balaban J connectivity index is 1.45. The highest BCUT2D eigenvalue weighted by molar-refractivity contribution is 7.18. The Morgan fingerprint density at radius 3 is 2.85 bits per heavy atom. The fourth-order valence-electron chi connectivity index (χ4n) is 6.30. The molecule has 46 heavy (non-hydrogen) atoms. The molecule has 3 aliphatic rings. The van der Waals surface area contributed by atoms with Crippen molar-refractivity contribution in [2.45, 2.75) is 38.5 Å². The van der Waals surface area contributed by atoms with Gasteiger partial charge in [-0.1, -0.05) is 6.58 Å². The molecule has 3 aromatic heterocycles. The van der Waals surface area contributed by atoms with Gasteiger partial charge >= 0.3 is 0 Å². The molecular formula is C32H31F2N7O4S. The van der Waals surface area contributed by atoms with Gasteiger partial charge < -0.3 is 19.7 Å². The van der Waals surface area contributed by atoms with Gasteiger partial charge in [0.05, 0.1) is 48.9 Å². The van der Waals surface area contributed by atoms with Crippen molar-refractivity contribution in [3.8, 4) is 28.3 Å². The van der Waals surface area contributed by atoms with Gasteiger partial charge in [-0.25, -0.2) is 13.8 Å². The van der Waals surface area contributed by atoms with Crippen LogP contribution in [-0.4, -0.2) is 87.7 Å². The topological polar surface area (TPSA) is 114 Å². The zero-order chi connectivity index (χ0) is 32.1. The molecule has 3 aliphatic heterocycles. The number of pyridine rings is 1. The van der Waals surface area contributed by atoms with E-state index in [0.717, 1.165) is 23.2 Å². The van der Waals surface area contributed by atoms with Crippen molar-refractivity contribution in [2.75, 3.05) is 33.4 Å². The van der Waals surface area contributed by atoms with Crippen molar-refractivity contribution in [3.05, 3.63) is 65.3 Å². The molecule has 238 valence electrons. The Morgan fingerprint density at radius 1 is 1.22 bits per heavy atom. The molecule has 7 rings (SSSR count). The number of methoxy groups -OCH3 is 1. The molecule has 6 heterocycles. The van der Waals surface area contributed by atoms with E-state index in [9.17, 15) is 14.0 Å². The summed E-state index contributed by atoms with van der Waals surface area (Å²) in [5.41, 5.74) is 3.20. The number of fused-ring (bicyclic) bond motifs is 3. The first kappa shape index (κ1) is 30.0. The van der Waals surface area contributed by atoms with Crippen LogP contribution in [0.25, 0.3) is 32.6 Å². The first-order valence-electron chi connectivity index (χ1n) is 14.9. The highest BCUT2D eigenvalue weighted by atomic mass is 32.1. The number of rotatable bonds is 8. The number of halogens is 2. The number of hydrogen-bond acceptors (Lipinski definition) is 9. The fraction of sp³-hybridized carbons (Fsp3) is 0.344. The van der Waals surface area contributed by atoms with Gasteiger partial charge in [-0.3, -0.25) is 19.3 Å². The standard InChI is InChI=1S/C32H31F2N7O4S/c1-4-26(42)39-16-19-13-22(38-41(19)15-17(39)2)30-28(27-21(34)11-18(33)12-25(27)45-9-8-44-3)31-20(5-10-46-31)29(36-30)23-14-24-32(43)35-6-7-40(24)37-23/h4-5,10-13,17,24H,1,6-9,14-16H2,2-3H3,(H,35,43)/t17-,24?/m1/s1. The maximum atomic E-state index is 16.0. The number of carbonyl (C=O) groups is 2. The number of thiophene rings is 1. The van der Waals surface area contributed by atoms with Crippen molar-refractivity contribution in [3.63, 3.8) is 0 Å². The predicted molar refractivity (Wildman–Crippen MR) is 168 cm³/mol. The third kappa shape index (κ3) is 5.10. The zero-order valence-corrected chi connectivity index (χ0v) is 26.1. The van der Waals surface area contributed by atoms with Gasteiger partial charge in [0, 0.05) is 53.9 Å². The normalized spacial score (nSPS) is 19.1. The maximum Gasteiger partial charge on any atom is 0.246 e. The molecule has 2 amide bonds. The van der Waals surface area contributed by atoms with E-state index >= 15 is 4.39 Å². The van der Waals surface area contributed by atoms with E-state index in [0.29, 0.717) is 65.7 Å². The van der Waals surface area contributed by atoms with Gasteiger partial charge in [0.1, 0.15) is 41.4 Å². The quantitative estimate of drug-likeness (QED) is 0.228. The third-order valence-corrected chi connectivity index (χ3v) is 9.43. The van der Waals surface area contributed by atoms with Crippen LogP contribution in [0.1, 0.15) is 24.7 Å². The van der Waals surface area contributed by atoms with Gasteiger partial charge in [-0.15, -0.1) is 11.3 Å². The lowest BCUT2D eigenvalue weighted by atomic mass is 9.96. The molecule has 0 radical (unpaired) electrons. The molecule has 1 unspecified atom stereocenters. The Hall–Kier alpha value is -4.69. The van der Waals surface area contributed by atoms with Crippen LogP contribution in [0.4, 0.5) is 8.78 Å². The Bertz CT molecular complexity index is 1920. The number of ether oxygens (including phenoxy) is 2. The Labute approximate surface area is 267 Å². The Morgan fingerprint density at radius 2 is 2.07 bits per heavy atom. The van der Waals surface area contributed by atoms with Crippen LogP contribution in [0.2, 0.25) is 0 Å². The van der Waals surface area contributed by atoms with Crippen LogP contribution < -0.4 is 10.1 Å². The summed E-state index contributed by atoms with van der Waals surface area (Å²) in [6.07, 6.45) is 1.65. The minimum absolute atomic E-state index is 0.00686. The van der Waals surface area contributed by atoms with E-state index in [4.69, 9.17) is 24.7 Å². The van der Waals surface area contributed by atoms with Gasteiger partial charge in [0.15, 0.2) is 0 Å². The lowest BCUT2D eigenvalue weighted by molar-refractivity contribution is -0.130. The average molecular weight is 648 g/mol. The van der Waals surface area contributed by atoms with E-state index in [2.05, 4.69) is 11.9 Å². The van der Waals surface area contributed by atoms with Crippen molar-refractivity contribution in [2.24, 2.45) is 5.10 Å². The number of nitrogens with zero attached hydrogens (tertiary/aromatic N) is 6. The van der Waals surface area contributed by atoms with E-state index in [1.54, 1.807) is 9.91 Å². The summed E-state index contributed by atoms with van der Waals surface area (Å²) < 4.78 is 44.1.